The number of hydrogen-bond acceptors (Lipinski definition) is 11. The zero-order valence-corrected chi connectivity index (χ0v) is 47.1. The van der Waals surface area contributed by atoms with Crippen molar-refractivity contribution in [3.05, 3.63) is 146 Å². The number of hydrogen-bond donors (Lipinski definition) is 3. The molecule has 0 aromatic rings. The number of aliphatic carboxylic acids is 1. The van der Waals surface area contributed by atoms with Crippen LogP contribution in [0, 0.1) is 0 Å². The van der Waals surface area contributed by atoms with Gasteiger partial charge in [-0.1, -0.05) is 205 Å². The molecular weight excluding hydrogens is 973 g/mol. The van der Waals surface area contributed by atoms with Gasteiger partial charge in [0.25, 0.3) is 0 Å². The van der Waals surface area contributed by atoms with Gasteiger partial charge < -0.3 is 39.0 Å². The number of carbonyl (C=O) groups is 4. The fraction of sp³-hybridized carbons (Fsp3) is 0.569. The lowest BCUT2D eigenvalue weighted by Gasteiger charge is -2.40. The Morgan fingerprint density at radius 3 is 1.36 bits per heavy atom. The molecule has 12 heteroatoms. The maximum absolute atomic E-state index is 13.1. The fourth-order valence-electron chi connectivity index (χ4n) is 7.58. The summed E-state index contributed by atoms with van der Waals surface area (Å²) >= 11 is 0. The molecule has 3 N–H and O–H groups in total. The van der Waals surface area contributed by atoms with Crippen LogP contribution < -0.4 is 0 Å². The first-order chi connectivity index (χ1) is 37.6. The van der Waals surface area contributed by atoms with E-state index in [-0.39, 0.29) is 25.9 Å². The number of aliphatic hydroxyl groups is 2. The van der Waals surface area contributed by atoms with Crippen LogP contribution in [-0.2, 0) is 42.9 Å². The largest absolute Gasteiger partial charge is 0.479 e. The highest BCUT2D eigenvalue weighted by Crippen LogP contribution is 2.26. The number of rotatable bonds is 46. The number of aliphatic hydroxyl groups excluding tert-OH is 2. The standard InChI is InChI=1S/C65H98O12/c1-4-7-10-13-16-19-22-25-27-28-29-30-32-34-36-39-42-45-48-51-57(66)73-54-56(75-58(67)52-49-46-43-40-37-33-24-21-18-15-12-9-6-3)55-74-65-63(61(70)60(69)62(77-65)64(71)72)76-59(68)53-50-47-44-41-38-35-31-26-23-20-17-14-11-8-5-2/h7-8,10-11,16-17,19-21,24-27,29-31,34,36,38,41-42,45,47,50,56,60-63,65,69-70H,4-6,9,12-15,18,22-23,28,32-33,35,37,39-40,43-44,46,48-49,51-55H2,1-3H3,(H,71,72)/b10-7-,11-8-,19-16-,20-17-,24-21-,27-25-,30-29-,31-26-,36-34-,41-38-,45-42-,50-47-. The second-order valence-corrected chi connectivity index (χ2v) is 18.8. The average molecular weight is 1070 g/mol. The molecule has 1 rings (SSSR count). The Hall–Kier alpha value is -5.40. The average Bonchev–Trinajstić information content (AvgIpc) is 3.42. The van der Waals surface area contributed by atoms with E-state index < -0.39 is 67.3 Å². The van der Waals surface area contributed by atoms with Gasteiger partial charge in [0.2, 0.25) is 0 Å². The predicted molar refractivity (Wildman–Crippen MR) is 312 cm³/mol. The van der Waals surface area contributed by atoms with Crippen LogP contribution in [0.2, 0.25) is 0 Å². The molecule has 1 fully saturated rings. The van der Waals surface area contributed by atoms with E-state index in [0.717, 1.165) is 96.3 Å². The molecule has 77 heavy (non-hydrogen) atoms. The van der Waals surface area contributed by atoms with E-state index in [1.165, 1.54) is 25.7 Å². The molecule has 6 atom stereocenters. The van der Waals surface area contributed by atoms with Crippen LogP contribution in [0.25, 0.3) is 0 Å². The van der Waals surface area contributed by atoms with Crippen molar-refractivity contribution in [3.8, 4) is 0 Å². The first-order valence-corrected chi connectivity index (χ1v) is 28.8. The van der Waals surface area contributed by atoms with E-state index in [0.29, 0.717) is 25.7 Å². The number of allylic oxidation sites excluding steroid dienone is 23. The summed E-state index contributed by atoms with van der Waals surface area (Å²) in [5, 5.41) is 31.4. The van der Waals surface area contributed by atoms with Gasteiger partial charge in [-0.3, -0.25) is 14.4 Å². The number of carboxylic acids is 1. The van der Waals surface area contributed by atoms with Crippen molar-refractivity contribution in [2.75, 3.05) is 13.2 Å². The normalized spacial score (nSPS) is 19.1. The van der Waals surface area contributed by atoms with E-state index in [4.69, 9.17) is 23.7 Å². The van der Waals surface area contributed by atoms with Crippen molar-refractivity contribution in [1.29, 1.82) is 0 Å². The summed E-state index contributed by atoms with van der Waals surface area (Å²) in [6.07, 6.45) is 61.5. The van der Waals surface area contributed by atoms with Gasteiger partial charge in [-0.2, -0.15) is 0 Å². The summed E-state index contributed by atoms with van der Waals surface area (Å²) in [7, 11) is 0. The smallest absolute Gasteiger partial charge is 0.335 e. The number of esters is 3. The first-order valence-electron chi connectivity index (χ1n) is 28.8. The van der Waals surface area contributed by atoms with Crippen LogP contribution in [0.4, 0.5) is 0 Å². The van der Waals surface area contributed by atoms with Crippen LogP contribution >= 0.6 is 0 Å². The van der Waals surface area contributed by atoms with Crippen molar-refractivity contribution in [1.82, 2.24) is 0 Å². The lowest BCUT2D eigenvalue weighted by Crippen LogP contribution is -2.61. The fourth-order valence-corrected chi connectivity index (χ4v) is 7.58. The van der Waals surface area contributed by atoms with Crippen LogP contribution in [0.1, 0.15) is 188 Å². The third-order valence-corrected chi connectivity index (χ3v) is 11.9. The van der Waals surface area contributed by atoms with Crippen molar-refractivity contribution in [3.63, 3.8) is 0 Å². The molecule has 1 aliphatic rings. The quantitative estimate of drug-likeness (QED) is 0.0228. The van der Waals surface area contributed by atoms with Crippen LogP contribution in [0.15, 0.2) is 146 Å². The molecule has 12 nitrogen and oxygen atoms in total. The molecule has 0 bridgehead atoms. The number of carbonyl (C=O) groups excluding carboxylic acids is 3. The second kappa shape index (κ2) is 51.4. The third-order valence-electron chi connectivity index (χ3n) is 11.9. The van der Waals surface area contributed by atoms with E-state index in [1.807, 2.05) is 24.3 Å². The van der Waals surface area contributed by atoms with E-state index in [2.05, 4.69) is 130 Å². The van der Waals surface area contributed by atoms with Gasteiger partial charge >= 0.3 is 23.9 Å². The summed E-state index contributed by atoms with van der Waals surface area (Å²) in [4.78, 5) is 51.0. The maximum atomic E-state index is 13.1. The van der Waals surface area contributed by atoms with E-state index >= 15 is 0 Å². The van der Waals surface area contributed by atoms with Crippen LogP contribution in [0.5, 0.6) is 0 Å². The zero-order valence-electron chi connectivity index (χ0n) is 47.1. The molecular formula is C65H98O12. The molecule has 0 aromatic heterocycles. The van der Waals surface area contributed by atoms with Gasteiger partial charge in [-0.15, -0.1) is 0 Å². The van der Waals surface area contributed by atoms with Crippen LogP contribution in [-0.4, -0.2) is 89.2 Å². The van der Waals surface area contributed by atoms with Gasteiger partial charge in [-0.05, 0) is 109 Å². The Kier molecular flexibility index (Phi) is 46.4. The molecule has 0 spiro atoms. The van der Waals surface area contributed by atoms with Crippen molar-refractivity contribution >= 4 is 23.9 Å². The summed E-state index contributed by atoms with van der Waals surface area (Å²) in [5.41, 5.74) is 0. The highest BCUT2D eigenvalue weighted by molar-refractivity contribution is 5.74. The lowest BCUT2D eigenvalue weighted by molar-refractivity contribution is -0.301. The molecule has 0 saturated carbocycles. The highest BCUT2D eigenvalue weighted by atomic mass is 16.7. The monoisotopic (exact) mass is 1070 g/mol. The van der Waals surface area contributed by atoms with E-state index in [1.54, 1.807) is 12.2 Å². The number of ether oxygens (including phenoxy) is 5. The Morgan fingerprint density at radius 1 is 0.455 bits per heavy atom. The Labute approximate surface area is 463 Å². The Balaban J connectivity index is 2.81. The van der Waals surface area contributed by atoms with E-state index in [9.17, 15) is 34.5 Å². The van der Waals surface area contributed by atoms with Crippen molar-refractivity contribution in [2.45, 2.75) is 225 Å². The second-order valence-electron chi connectivity index (χ2n) is 18.8. The SMILES string of the molecule is CC/C=C\C/C=C\C/C=C\C/C=C\C/C=C\C/C=C\CCC(=O)OCC(COC1OC(C(=O)O)C(O)C(O)C1OC(=O)C/C=C\C/C=C\C/C=C\C/C=C\C/C=C\CC)OC(=O)CCCCCCC/C=C\CCCCCC. The van der Waals surface area contributed by atoms with Crippen molar-refractivity contribution in [2.24, 2.45) is 0 Å². The molecule has 1 aliphatic heterocycles. The first kappa shape index (κ1) is 69.6. The Morgan fingerprint density at radius 2 is 0.883 bits per heavy atom. The molecule has 1 saturated heterocycles. The summed E-state index contributed by atoms with van der Waals surface area (Å²) < 4.78 is 28.2. The molecule has 0 radical (unpaired) electrons. The number of unbranched alkanes of at least 4 members (excludes halogenated alkanes) is 9. The topological polar surface area (TPSA) is 175 Å². The van der Waals surface area contributed by atoms with Gasteiger partial charge in [0, 0.05) is 12.8 Å². The van der Waals surface area contributed by atoms with Gasteiger partial charge in [0.1, 0.15) is 18.8 Å². The lowest BCUT2D eigenvalue weighted by atomic mass is 9.98. The summed E-state index contributed by atoms with van der Waals surface area (Å²) in [6, 6.07) is 0. The third kappa shape index (κ3) is 41.4. The van der Waals surface area contributed by atoms with Gasteiger partial charge in [0.15, 0.2) is 24.6 Å². The number of carboxylic acid groups (broad SMARTS) is 1. The summed E-state index contributed by atoms with van der Waals surface area (Å²) in [5.74, 6) is -3.43. The molecule has 0 aliphatic carbocycles. The van der Waals surface area contributed by atoms with Crippen molar-refractivity contribution < 1.29 is 58.2 Å². The minimum absolute atomic E-state index is 0.0739. The maximum Gasteiger partial charge on any atom is 0.335 e. The zero-order chi connectivity index (χ0) is 56.1. The highest BCUT2D eigenvalue weighted by Gasteiger charge is 2.50. The Bertz CT molecular complexity index is 1890. The minimum atomic E-state index is -1.95. The van der Waals surface area contributed by atoms with Gasteiger partial charge in [0.05, 0.1) is 13.0 Å². The molecule has 0 aromatic carbocycles. The molecule has 1 heterocycles. The predicted octanol–water partition coefficient (Wildman–Crippen LogP) is 14.8. The van der Waals surface area contributed by atoms with Crippen LogP contribution in [0.3, 0.4) is 0 Å². The molecule has 6 unspecified atom stereocenters. The summed E-state index contributed by atoms with van der Waals surface area (Å²) in [6.45, 7) is 5.60. The molecule has 0 amide bonds. The minimum Gasteiger partial charge on any atom is -0.479 e. The van der Waals surface area contributed by atoms with Gasteiger partial charge in [-0.25, -0.2) is 4.79 Å². The molecule has 430 valence electrons.